The fraction of sp³-hybridized carbons (Fsp3) is 0.600. The van der Waals surface area contributed by atoms with Gasteiger partial charge in [0.25, 0.3) is 0 Å². The van der Waals surface area contributed by atoms with Crippen molar-refractivity contribution >= 4 is 11.6 Å². The van der Waals surface area contributed by atoms with E-state index in [0.29, 0.717) is 18.6 Å². The molecule has 0 radical (unpaired) electrons. The predicted molar refractivity (Wildman–Crippen MR) is 77.9 cm³/mol. The van der Waals surface area contributed by atoms with Crippen molar-refractivity contribution in [1.29, 1.82) is 0 Å². The largest absolute Gasteiger partial charge is 0.329 e. The van der Waals surface area contributed by atoms with Gasteiger partial charge in [0.15, 0.2) is 0 Å². The first-order chi connectivity index (χ1) is 8.65. The van der Waals surface area contributed by atoms with E-state index >= 15 is 0 Å². The van der Waals surface area contributed by atoms with Crippen LogP contribution in [-0.4, -0.2) is 23.5 Å². The van der Waals surface area contributed by atoms with Crippen molar-refractivity contribution in [3.8, 4) is 0 Å². The SMILES string of the molecule is C[C@@H]1CCC[C@H](C)N1C(CN)c1ccccc1Cl. The average molecular weight is 267 g/mol. The van der Waals surface area contributed by atoms with Crippen LogP contribution < -0.4 is 5.73 Å². The molecule has 1 aliphatic heterocycles. The second-order valence-corrected chi connectivity index (χ2v) is 5.76. The van der Waals surface area contributed by atoms with Crippen LogP contribution in [0.3, 0.4) is 0 Å². The quantitative estimate of drug-likeness (QED) is 0.906. The Balaban J connectivity index is 2.30. The molecule has 1 fully saturated rings. The molecule has 1 aromatic rings. The highest BCUT2D eigenvalue weighted by Gasteiger charge is 2.31. The molecule has 0 spiro atoms. The van der Waals surface area contributed by atoms with Gasteiger partial charge in [-0.1, -0.05) is 36.2 Å². The highest BCUT2D eigenvalue weighted by atomic mass is 35.5. The van der Waals surface area contributed by atoms with E-state index in [9.17, 15) is 0 Å². The van der Waals surface area contributed by atoms with E-state index in [0.717, 1.165) is 5.02 Å². The zero-order valence-corrected chi connectivity index (χ0v) is 12.0. The summed E-state index contributed by atoms with van der Waals surface area (Å²) in [6, 6.07) is 9.49. The second kappa shape index (κ2) is 6.05. The number of hydrogen-bond donors (Lipinski definition) is 1. The van der Waals surface area contributed by atoms with E-state index in [4.69, 9.17) is 17.3 Å². The smallest absolute Gasteiger partial charge is 0.0490 e. The van der Waals surface area contributed by atoms with Gasteiger partial charge in [-0.05, 0) is 38.3 Å². The van der Waals surface area contributed by atoms with Crippen LogP contribution in [0.1, 0.15) is 44.7 Å². The summed E-state index contributed by atoms with van der Waals surface area (Å²) in [4.78, 5) is 2.55. The lowest BCUT2D eigenvalue weighted by atomic mass is 9.92. The van der Waals surface area contributed by atoms with Gasteiger partial charge >= 0.3 is 0 Å². The van der Waals surface area contributed by atoms with E-state index in [-0.39, 0.29) is 6.04 Å². The number of nitrogens with zero attached hydrogens (tertiary/aromatic N) is 1. The lowest BCUT2D eigenvalue weighted by molar-refractivity contribution is 0.0578. The molecule has 1 aromatic carbocycles. The van der Waals surface area contributed by atoms with Crippen molar-refractivity contribution in [2.45, 2.75) is 51.2 Å². The Labute approximate surface area is 115 Å². The van der Waals surface area contributed by atoms with Gasteiger partial charge in [0, 0.05) is 29.7 Å². The van der Waals surface area contributed by atoms with Gasteiger partial charge in [0.05, 0.1) is 0 Å². The molecule has 0 aliphatic carbocycles. The van der Waals surface area contributed by atoms with E-state index in [1.54, 1.807) is 0 Å². The van der Waals surface area contributed by atoms with Crippen LogP contribution in [0.5, 0.6) is 0 Å². The van der Waals surface area contributed by atoms with Crippen molar-refractivity contribution in [2.75, 3.05) is 6.54 Å². The number of piperidine rings is 1. The molecule has 0 aromatic heterocycles. The fourth-order valence-electron chi connectivity index (χ4n) is 3.21. The molecule has 3 atom stereocenters. The topological polar surface area (TPSA) is 29.3 Å². The maximum atomic E-state index is 6.33. The van der Waals surface area contributed by atoms with Crippen molar-refractivity contribution in [2.24, 2.45) is 5.73 Å². The minimum Gasteiger partial charge on any atom is -0.329 e. The fourth-order valence-corrected chi connectivity index (χ4v) is 3.47. The van der Waals surface area contributed by atoms with Crippen molar-refractivity contribution in [3.63, 3.8) is 0 Å². The number of rotatable bonds is 3. The third-order valence-corrected chi connectivity index (χ3v) is 4.45. The van der Waals surface area contributed by atoms with Gasteiger partial charge in [-0.2, -0.15) is 0 Å². The Hall–Kier alpha value is -0.570. The van der Waals surface area contributed by atoms with Crippen molar-refractivity contribution in [1.82, 2.24) is 4.90 Å². The summed E-state index contributed by atoms with van der Waals surface area (Å²) >= 11 is 6.33. The summed E-state index contributed by atoms with van der Waals surface area (Å²) < 4.78 is 0. The normalized spacial score (nSPS) is 27.1. The van der Waals surface area contributed by atoms with Gasteiger partial charge < -0.3 is 5.73 Å². The zero-order chi connectivity index (χ0) is 13.1. The molecule has 1 aliphatic rings. The van der Waals surface area contributed by atoms with Crippen molar-refractivity contribution in [3.05, 3.63) is 34.9 Å². The third-order valence-electron chi connectivity index (χ3n) is 4.11. The molecule has 1 heterocycles. The molecule has 1 unspecified atom stereocenters. The van der Waals surface area contributed by atoms with Crippen LogP contribution in [0.4, 0.5) is 0 Å². The summed E-state index contributed by atoms with van der Waals surface area (Å²) in [7, 11) is 0. The standard InChI is InChI=1S/C15H23ClN2/c1-11-6-5-7-12(2)18(11)15(10-17)13-8-3-4-9-14(13)16/h3-4,8-9,11-12,15H,5-7,10,17H2,1-2H3/t11-,12+,15?. The Kier molecular flexibility index (Phi) is 4.66. The monoisotopic (exact) mass is 266 g/mol. The third kappa shape index (κ3) is 2.71. The van der Waals surface area contributed by atoms with E-state index < -0.39 is 0 Å². The molecule has 2 N–H and O–H groups in total. The Morgan fingerprint density at radius 2 is 1.89 bits per heavy atom. The predicted octanol–water partition coefficient (Wildman–Crippen LogP) is 3.60. The molecule has 0 bridgehead atoms. The molecule has 1 saturated heterocycles. The van der Waals surface area contributed by atoms with Crippen molar-refractivity contribution < 1.29 is 0 Å². The minimum absolute atomic E-state index is 0.240. The van der Waals surface area contributed by atoms with Crippen LogP contribution in [-0.2, 0) is 0 Å². The summed E-state index contributed by atoms with van der Waals surface area (Å²) in [5.41, 5.74) is 7.20. The molecule has 0 amide bonds. The van der Waals surface area contributed by atoms with Crippen LogP contribution in [0, 0.1) is 0 Å². The van der Waals surface area contributed by atoms with Gasteiger partial charge in [-0.25, -0.2) is 0 Å². The number of hydrogen-bond acceptors (Lipinski definition) is 2. The maximum Gasteiger partial charge on any atom is 0.0490 e. The van der Waals surface area contributed by atoms with Crippen LogP contribution in [0.15, 0.2) is 24.3 Å². The molecule has 2 nitrogen and oxygen atoms in total. The maximum absolute atomic E-state index is 6.33. The molecule has 2 rings (SSSR count). The first-order valence-corrected chi connectivity index (χ1v) is 7.25. The molecular formula is C15H23ClN2. The number of nitrogens with two attached hydrogens (primary N) is 1. The minimum atomic E-state index is 0.240. The first kappa shape index (κ1) is 13.9. The van der Waals surface area contributed by atoms with Crippen LogP contribution in [0.25, 0.3) is 0 Å². The number of halogens is 1. The molecule has 100 valence electrons. The number of benzene rings is 1. The Morgan fingerprint density at radius 3 is 2.44 bits per heavy atom. The van der Waals surface area contributed by atoms with E-state index in [1.807, 2.05) is 18.2 Å². The summed E-state index contributed by atoms with van der Waals surface area (Å²) in [5, 5.41) is 0.831. The average Bonchev–Trinajstić information content (AvgIpc) is 2.35. The van der Waals surface area contributed by atoms with E-state index in [1.165, 1.54) is 24.8 Å². The summed E-state index contributed by atoms with van der Waals surface area (Å²) in [5.74, 6) is 0. The molecule has 0 saturated carbocycles. The highest BCUT2D eigenvalue weighted by Crippen LogP contribution is 2.34. The van der Waals surface area contributed by atoms with Gasteiger partial charge in [0.1, 0.15) is 0 Å². The van der Waals surface area contributed by atoms with Crippen LogP contribution >= 0.6 is 11.6 Å². The van der Waals surface area contributed by atoms with Crippen LogP contribution in [0.2, 0.25) is 5.02 Å². The summed E-state index contributed by atoms with van der Waals surface area (Å²) in [6.07, 6.45) is 3.83. The number of likely N-dealkylation sites (tertiary alicyclic amines) is 1. The Morgan fingerprint density at radius 1 is 1.28 bits per heavy atom. The lowest BCUT2D eigenvalue weighted by Crippen LogP contribution is -2.48. The zero-order valence-electron chi connectivity index (χ0n) is 11.3. The van der Waals surface area contributed by atoms with Gasteiger partial charge in [-0.3, -0.25) is 4.90 Å². The lowest BCUT2D eigenvalue weighted by Gasteiger charge is -2.44. The highest BCUT2D eigenvalue weighted by molar-refractivity contribution is 6.31. The first-order valence-electron chi connectivity index (χ1n) is 6.87. The molecular weight excluding hydrogens is 244 g/mol. The second-order valence-electron chi connectivity index (χ2n) is 5.35. The van der Waals surface area contributed by atoms with Gasteiger partial charge in [-0.15, -0.1) is 0 Å². The van der Waals surface area contributed by atoms with Gasteiger partial charge in [0.2, 0.25) is 0 Å². The molecule has 18 heavy (non-hydrogen) atoms. The van der Waals surface area contributed by atoms with E-state index in [2.05, 4.69) is 24.8 Å². The Bertz CT molecular complexity index is 384. The summed E-state index contributed by atoms with van der Waals surface area (Å²) in [6.45, 7) is 5.22. The molecule has 3 heteroatoms.